The summed E-state index contributed by atoms with van der Waals surface area (Å²) in [5.41, 5.74) is 4.77. The number of aryl methyl sites for hydroxylation is 1. The van der Waals surface area contributed by atoms with Crippen LogP contribution in [0.3, 0.4) is 0 Å². The lowest BCUT2D eigenvalue weighted by Gasteiger charge is -2.33. The highest BCUT2D eigenvalue weighted by Crippen LogP contribution is 2.26. The Bertz CT molecular complexity index is 802. The average molecular weight is 390 g/mol. The van der Waals surface area contributed by atoms with E-state index in [1.54, 1.807) is 0 Å². The standard InChI is InChI=1S/C26H35N3/c1-4-25(23-15-13-20(2)14-16-23)29(19-22-10-6-5-7-11-22)26(27)21(3)18-24-12-8-9-17-28-24/h4-7,10-11,13-16,21,24,27-28H,8-9,12,17-19H2,1-3H3/b25-4-,27-26?/t21-,24?/m0/s1. The monoisotopic (exact) mass is 389 g/mol. The Labute approximate surface area is 176 Å². The largest absolute Gasteiger partial charge is 0.325 e. The van der Waals surface area contributed by atoms with Crippen LogP contribution in [0, 0.1) is 18.3 Å². The summed E-state index contributed by atoms with van der Waals surface area (Å²) in [5.74, 6) is 0.907. The first kappa shape index (κ1) is 21.3. The maximum Gasteiger partial charge on any atom is 0.104 e. The Morgan fingerprint density at radius 2 is 1.86 bits per heavy atom. The molecule has 0 aromatic heterocycles. The zero-order valence-electron chi connectivity index (χ0n) is 18.1. The highest BCUT2D eigenvalue weighted by molar-refractivity contribution is 5.90. The molecule has 3 nitrogen and oxygen atoms in total. The molecule has 3 rings (SSSR count). The molecule has 0 spiro atoms. The maximum absolute atomic E-state index is 9.10. The fraction of sp³-hybridized carbons (Fsp3) is 0.423. The molecule has 0 amide bonds. The number of piperidine rings is 1. The van der Waals surface area contributed by atoms with E-state index in [-0.39, 0.29) is 5.92 Å². The van der Waals surface area contributed by atoms with Crippen LogP contribution < -0.4 is 5.32 Å². The molecule has 3 heteroatoms. The molecule has 0 radical (unpaired) electrons. The summed E-state index contributed by atoms with van der Waals surface area (Å²) in [7, 11) is 0. The highest BCUT2D eigenvalue weighted by atomic mass is 15.2. The predicted molar refractivity (Wildman–Crippen MR) is 124 cm³/mol. The summed E-state index contributed by atoms with van der Waals surface area (Å²) >= 11 is 0. The van der Waals surface area contributed by atoms with Crippen molar-refractivity contribution >= 4 is 11.5 Å². The van der Waals surface area contributed by atoms with Crippen LogP contribution in [0.2, 0.25) is 0 Å². The van der Waals surface area contributed by atoms with E-state index in [1.807, 2.05) is 6.07 Å². The summed E-state index contributed by atoms with van der Waals surface area (Å²) in [6, 6.07) is 19.7. The fourth-order valence-electron chi connectivity index (χ4n) is 4.20. The SMILES string of the molecule is C/C=C(/c1ccc(C)cc1)N(Cc1ccccc1)C(=N)[C@@H](C)CC1CCCCN1. The van der Waals surface area contributed by atoms with Gasteiger partial charge in [-0.3, -0.25) is 5.41 Å². The minimum Gasteiger partial charge on any atom is -0.325 e. The molecule has 2 aromatic rings. The first-order chi connectivity index (χ1) is 14.1. The van der Waals surface area contributed by atoms with Gasteiger partial charge in [-0.25, -0.2) is 0 Å². The molecular weight excluding hydrogens is 354 g/mol. The second kappa shape index (κ2) is 10.4. The topological polar surface area (TPSA) is 39.1 Å². The third-order valence-electron chi connectivity index (χ3n) is 5.90. The number of hydrogen-bond acceptors (Lipinski definition) is 2. The summed E-state index contributed by atoms with van der Waals surface area (Å²) < 4.78 is 0. The zero-order chi connectivity index (χ0) is 20.6. The van der Waals surface area contributed by atoms with Crippen molar-refractivity contribution in [1.29, 1.82) is 5.41 Å². The highest BCUT2D eigenvalue weighted by Gasteiger charge is 2.24. The van der Waals surface area contributed by atoms with Crippen LogP contribution in [0.5, 0.6) is 0 Å². The van der Waals surface area contributed by atoms with Gasteiger partial charge < -0.3 is 10.2 Å². The van der Waals surface area contributed by atoms with Gasteiger partial charge in [-0.1, -0.05) is 79.6 Å². The van der Waals surface area contributed by atoms with Crippen LogP contribution in [0.4, 0.5) is 0 Å². The Morgan fingerprint density at radius 3 is 2.48 bits per heavy atom. The molecule has 1 fully saturated rings. The molecule has 1 heterocycles. The van der Waals surface area contributed by atoms with Crippen molar-refractivity contribution in [3.05, 3.63) is 77.4 Å². The van der Waals surface area contributed by atoms with Crippen LogP contribution in [0.15, 0.2) is 60.7 Å². The number of nitrogens with zero attached hydrogens (tertiary/aromatic N) is 1. The Morgan fingerprint density at radius 1 is 1.14 bits per heavy atom. The number of rotatable bonds is 7. The zero-order valence-corrected chi connectivity index (χ0v) is 18.1. The van der Waals surface area contributed by atoms with Crippen LogP contribution >= 0.6 is 0 Å². The minimum atomic E-state index is 0.203. The number of amidine groups is 1. The first-order valence-electron chi connectivity index (χ1n) is 10.9. The van der Waals surface area contributed by atoms with E-state index in [1.165, 1.54) is 36.0 Å². The van der Waals surface area contributed by atoms with E-state index in [2.05, 4.69) is 85.6 Å². The summed E-state index contributed by atoms with van der Waals surface area (Å²) in [6.07, 6.45) is 6.97. The van der Waals surface area contributed by atoms with Crippen molar-refractivity contribution in [2.45, 2.75) is 59.0 Å². The molecule has 0 aliphatic carbocycles. The van der Waals surface area contributed by atoms with E-state index < -0.39 is 0 Å². The quantitative estimate of drug-likeness (QED) is 0.450. The fourth-order valence-corrected chi connectivity index (χ4v) is 4.20. The van der Waals surface area contributed by atoms with Gasteiger partial charge >= 0.3 is 0 Å². The van der Waals surface area contributed by atoms with Gasteiger partial charge in [0, 0.05) is 24.2 Å². The van der Waals surface area contributed by atoms with Crippen molar-refractivity contribution in [3.63, 3.8) is 0 Å². The van der Waals surface area contributed by atoms with Crippen LogP contribution in [0.25, 0.3) is 5.70 Å². The molecule has 0 bridgehead atoms. The van der Waals surface area contributed by atoms with E-state index in [9.17, 15) is 0 Å². The summed E-state index contributed by atoms with van der Waals surface area (Å²) in [6.45, 7) is 8.23. The molecule has 1 aliphatic heterocycles. The Kier molecular flexibility index (Phi) is 7.65. The van der Waals surface area contributed by atoms with Gasteiger partial charge in [-0.15, -0.1) is 0 Å². The second-order valence-electron chi connectivity index (χ2n) is 8.28. The van der Waals surface area contributed by atoms with Gasteiger partial charge in [0.25, 0.3) is 0 Å². The molecule has 29 heavy (non-hydrogen) atoms. The molecule has 2 N–H and O–H groups in total. The van der Waals surface area contributed by atoms with Gasteiger partial charge in [0.1, 0.15) is 5.84 Å². The molecule has 2 aromatic carbocycles. The van der Waals surface area contributed by atoms with Gasteiger partial charge in [-0.05, 0) is 50.8 Å². The van der Waals surface area contributed by atoms with Gasteiger partial charge in [0.15, 0.2) is 0 Å². The number of nitrogens with one attached hydrogen (secondary N) is 2. The van der Waals surface area contributed by atoms with Crippen molar-refractivity contribution in [3.8, 4) is 0 Å². The minimum absolute atomic E-state index is 0.203. The Balaban J connectivity index is 1.84. The van der Waals surface area contributed by atoms with E-state index in [0.717, 1.165) is 25.2 Å². The number of hydrogen-bond donors (Lipinski definition) is 2. The van der Waals surface area contributed by atoms with Crippen molar-refractivity contribution < 1.29 is 0 Å². The normalized spacial score (nSPS) is 18.3. The number of allylic oxidation sites excluding steroid dienone is 1. The predicted octanol–water partition coefficient (Wildman–Crippen LogP) is 6.00. The third-order valence-corrected chi connectivity index (χ3v) is 5.90. The van der Waals surface area contributed by atoms with E-state index >= 15 is 0 Å². The summed E-state index contributed by atoms with van der Waals surface area (Å²) in [5, 5.41) is 12.7. The van der Waals surface area contributed by atoms with Crippen LogP contribution in [-0.2, 0) is 6.54 Å². The second-order valence-corrected chi connectivity index (χ2v) is 8.28. The van der Waals surface area contributed by atoms with Crippen molar-refractivity contribution in [2.75, 3.05) is 6.54 Å². The smallest absolute Gasteiger partial charge is 0.104 e. The summed E-state index contributed by atoms with van der Waals surface area (Å²) in [4.78, 5) is 2.20. The number of benzene rings is 2. The molecule has 2 atom stereocenters. The van der Waals surface area contributed by atoms with Crippen LogP contribution in [0.1, 0.15) is 56.2 Å². The van der Waals surface area contributed by atoms with E-state index in [4.69, 9.17) is 5.41 Å². The lowest BCUT2D eigenvalue weighted by atomic mass is 9.93. The third kappa shape index (κ3) is 5.80. The van der Waals surface area contributed by atoms with E-state index in [0.29, 0.717) is 11.9 Å². The molecule has 0 saturated carbocycles. The molecular formula is C26H35N3. The van der Waals surface area contributed by atoms with Gasteiger partial charge in [-0.2, -0.15) is 0 Å². The van der Waals surface area contributed by atoms with Crippen molar-refractivity contribution in [2.24, 2.45) is 5.92 Å². The van der Waals surface area contributed by atoms with Gasteiger partial charge in [0.05, 0.1) is 0 Å². The lowest BCUT2D eigenvalue weighted by Crippen LogP contribution is -2.39. The maximum atomic E-state index is 9.10. The van der Waals surface area contributed by atoms with Crippen molar-refractivity contribution in [1.82, 2.24) is 10.2 Å². The molecule has 154 valence electrons. The lowest BCUT2D eigenvalue weighted by molar-refractivity contribution is 0.355. The molecule has 1 unspecified atom stereocenters. The van der Waals surface area contributed by atoms with Crippen LogP contribution in [-0.4, -0.2) is 23.3 Å². The molecule has 1 saturated heterocycles. The first-order valence-corrected chi connectivity index (χ1v) is 10.9. The molecule has 1 aliphatic rings. The average Bonchev–Trinajstić information content (AvgIpc) is 2.75. The Hall–Kier alpha value is -2.39. The van der Waals surface area contributed by atoms with Gasteiger partial charge in [0.2, 0.25) is 0 Å².